The van der Waals surface area contributed by atoms with Crippen LogP contribution in [0.25, 0.3) is 0 Å². The fourth-order valence-electron chi connectivity index (χ4n) is 3.04. The van der Waals surface area contributed by atoms with Crippen LogP contribution >= 0.6 is 0 Å². The van der Waals surface area contributed by atoms with Crippen LogP contribution in [0, 0.1) is 5.41 Å². The number of amides is 1. The minimum absolute atomic E-state index is 0.0554. The van der Waals surface area contributed by atoms with E-state index in [2.05, 4.69) is 10.6 Å². The number of hydrogen-bond acceptors (Lipinski definition) is 6. The quantitative estimate of drug-likeness (QED) is 0.787. The lowest BCUT2D eigenvalue weighted by molar-refractivity contribution is -0.130. The molecule has 0 atom stereocenters. The number of hydrogen-bond donors (Lipinski definition) is 2. The maximum absolute atomic E-state index is 12.9. The van der Waals surface area contributed by atoms with E-state index < -0.39 is 5.41 Å². The molecule has 1 aromatic rings. The number of methoxy groups -OCH3 is 4. The highest BCUT2D eigenvalue weighted by Crippen LogP contribution is 2.40. The van der Waals surface area contributed by atoms with E-state index in [9.17, 15) is 4.79 Å². The highest BCUT2D eigenvalue weighted by molar-refractivity contribution is 5.96. The van der Waals surface area contributed by atoms with Gasteiger partial charge in [-0.15, -0.1) is 0 Å². The summed E-state index contributed by atoms with van der Waals surface area (Å²) >= 11 is 0. The number of nitrogens with one attached hydrogen (secondary N) is 2. The standard InChI is InChI=1S/C17H26N2O5/c1-21-11-17(5-7-18-8-6-17)16(20)19-12-9-13(22-2)15(24-4)14(10-12)23-3/h9-10,18H,5-8,11H2,1-4H3,(H,19,20). The van der Waals surface area contributed by atoms with Gasteiger partial charge in [-0.1, -0.05) is 0 Å². The van der Waals surface area contributed by atoms with E-state index >= 15 is 0 Å². The topological polar surface area (TPSA) is 78.1 Å². The molecule has 1 heterocycles. The fraction of sp³-hybridized carbons (Fsp3) is 0.588. The average molecular weight is 338 g/mol. The molecule has 0 aliphatic carbocycles. The van der Waals surface area contributed by atoms with Crippen LogP contribution in [0.1, 0.15) is 12.8 Å². The molecule has 1 fully saturated rings. The summed E-state index contributed by atoms with van der Waals surface area (Å²) in [5.41, 5.74) is 0.0731. The Morgan fingerprint density at radius 3 is 2.12 bits per heavy atom. The van der Waals surface area contributed by atoms with E-state index in [4.69, 9.17) is 18.9 Å². The molecule has 0 radical (unpaired) electrons. The van der Waals surface area contributed by atoms with E-state index in [0.717, 1.165) is 25.9 Å². The number of anilines is 1. The van der Waals surface area contributed by atoms with Crippen molar-refractivity contribution in [2.24, 2.45) is 5.41 Å². The molecule has 1 aromatic carbocycles. The second kappa shape index (κ2) is 8.21. The molecule has 24 heavy (non-hydrogen) atoms. The van der Waals surface area contributed by atoms with Crippen molar-refractivity contribution in [2.45, 2.75) is 12.8 Å². The van der Waals surface area contributed by atoms with Crippen molar-refractivity contribution in [3.63, 3.8) is 0 Å². The number of piperidine rings is 1. The van der Waals surface area contributed by atoms with Crippen LogP contribution in [0.5, 0.6) is 17.2 Å². The Kier molecular flexibility index (Phi) is 6.28. The van der Waals surface area contributed by atoms with Crippen molar-refractivity contribution in [2.75, 3.05) is 53.5 Å². The third-order valence-electron chi connectivity index (χ3n) is 4.39. The minimum atomic E-state index is -0.527. The largest absolute Gasteiger partial charge is 0.493 e. The van der Waals surface area contributed by atoms with E-state index in [1.165, 1.54) is 0 Å². The van der Waals surface area contributed by atoms with Crippen LogP contribution in [0.15, 0.2) is 12.1 Å². The number of benzene rings is 1. The summed E-state index contributed by atoms with van der Waals surface area (Å²) in [6.07, 6.45) is 1.47. The fourth-order valence-corrected chi connectivity index (χ4v) is 3.04. The first-order valence-electron chi connectivity index (χ1n) is 7.91. The van der Waals surface area contributed by atoms with Gasteiger partial charge in [0, 0.05) is 24.9 Å². The van der Waals surface area contributed by atoms with Crippen molar-refractivity contribution in [3.8, 4) is 17.2 Å². The predicted octanol–water partition coefficient (Wildman–Crippen LogP) is 1.67. The van der Waals surface area contributed by atoms with Gasteiger partial charge in [-0.25, -0.2) is 0 Å². The molecule has 2 rings (SSSR count). The van der Waals surface area contributed by atoms with Crippen LogP contribution in [0.3, 0.4) is 0 Å². The van der Waals surface area contributed by atoms with Crippen LogP contribution in [0.2, 0.25) is 0 Å². The molecule has 0 unspecified atom stereocenters. The van der Waals surface area contributed by atoms with E-state index in [-0.39, 0.29) is 5.91 Å². The predicted molar refractivity (Wildman–Crippen MR) is 91.1 cm³/mol. The van der Waals surface area contributed by atoms with Gasteiger partial charge in [0.25, 0.3) is 0 Å². The van der Waals surface area contributed by atoms with Crippen molar-refractivity contribution < 1.29 is 23.7 Å². The van der Waals surface area contributed by atoms with Crippen LogP contribution < -0.4 is 24.8 Å². The molecular weight excluding hydrogens is 312 g/mol. The molecule has 0 aromatic heterocycles. The summed E-state index contributed by atoms with van der Waals surface area (Å²) < 4.78 is 21.3. The number of carbonyl (C=O) groups excluding carboxylic acids is 1. The van der Waals surface area contributed by atoms with E-state index in [1.54, 1.807) is 40.6 Å². The highest BCUT2D eigenvalue weighted by Gasteiger charge is 2.39. The minimum Gasteiger partial charge on any atom is -0.493 e. The third kappa shape index (κ3) is 3.73. The van der Waals surface area contributed by atoms with Gasteiger partial charge in [0.05, 0.1) is 33.4 Å². The lowest BCUT2D eigenvalue weighted by atomic mass is 9.78. The van der Waals surface area contributed by atoms with Crippen molar-refractivity contribution in [1.29, 1.82) is 0 Å². The molecule has 1 aliphatic rings. The van der Waals surface area contributed by atoms with Gasteiger partial charge < -0.3 is 29.6 Å². The maximum atomic E-state index is 12.9. The van der Waals surface area contributed by atoms with Gasteiger partial charge in [-0.3, -0.25) is 4.79 Å². The third-order valence-corrected chi connectivity index (χ3v) is 4.39. The van der Waals surface area contributed by atoms with Crippen molar-refractivity contribution in [1.82, 2.24) is 5.32 Å². The van der Waals surface area contributed by atoms with E-state index in [0.29, 0.717) is 29.5 Å². The summed E-state index contributed by atoms with van der Waals surface area (Å²) in [5.74, 6) is 1.43. The molecule has 1 saturated heterocycles. The van der Waals surface area contributed by atoms with Gasteiger partial charge in [0.1, 0.15) is 0 Å². The summed E-state index contributed by atoms with van der Waals surface area (Å²) in [4.78, 5) is 12.9. The second-order valence-electron chi connectivity index (χ2n) is 5.83. The molecule has 2 N–H and O–H groups in total. The number of carbonyl (C=O) groups is 1. The van der Waals surface area contributed by atoms with Gasteiger partial charge in [0.2, 0.25) is 11.7 Å². The Morgan fingerprint density at radius 1 is 1.08 bits per heavy atom. The zero-order chi connectivity index (χ0) is 17.6. The van der Waals surface area contributed by atoms with Crippen LogP contribution in [-0.4, -0.2) is 54.0 Å². The molecule has 134 valence electrons. The van der Waals surface area contributed by atoms with Crippen LogP contribution in [0.4, 0.5) is 5.69 Å². The Morgan fingerprint density at radius 2 is 1.67 bits per heavy atom. The summed E-state index contributed by atoms with van der Waals surface area (Å²) in [6, 6.07) is 3.45. The van der Waals surface area contributed by atoms with Gasteiger partial charge in [-0.2, -0.15) is 0 Å². The lowest BCUT2D eigenvalue weighted by Crippen LogP contribution is -2.47. The van der Waals surface area contributed by atoms with Crippen molar-refractivity contribution >= 4 is 11.6 Å². The zero-order valence-electron chi connectivity index (χ0n) is 14.7. The molecule has 1 amide bonds. The second-order valence-corrected chi connectivity index (χ2v) is 5.83. The number of rotatable bonds is 7. The summed E-state index contributed by atoms with van der Waals surface area (Å²) in [6.45, 7) is 1.99. The monoisotopic (exact) mass is 338 g/mol. The maximum Gasteiger partial charge on any atom is 0.233 e. The van der Waals surface area contributed by atoms with Crippen molar-refractivity contribution in [3.05, 3.63) is 12.1 Å². The Balaban J connectivity index is 2.27. The highest BCUT2D eigenvalue weighted by atomic mass is 16.5. The molecular formula is C17H26N2O5. The molecule has 0 spiro atoms. The lowest BCUT2D eigenvalue weighted by Gasteiger charge is -2.35. The molecule has 7 heteroatoms. The summed E-state index contributed by atoms with van der Waals surface area (Å²) in [5, 5.41) is 6.25. The SMILES string of the molecule is COCC1(C(=O)Nc2cc(OC)c(OC)c(OC)c2)CCNCC1. The Labute approximate surface area is 142 Å². The molecule has 1 aliphatic heterocycles. The van der Waals surface area contributed by atoms with Gasteiger partial charge in [0.15, 0.2) is 11.5 Å². The normalized spacial score (nSPS) is 16.3. The molecule has 0 saturated carbocycles. The smallest absolute Gasteiger partial charge is 0.233 e. The Bertz CT molecular complexity index is 540. The molecule has 0 bridgehead atoms. The van der Waals surface area contributed by atoms with Gasteiger partial charge in [-0.05, 0) is 25.9 Å². The first-order valence-corrected chi connectivity index (χ1v) is 7.91. The first kappa shape index (κ1) is 18.4. The Hall–Kier alpha value is -1.99. The van der Waals surface area contributed by atoms with Gasteiger partial charge >= 0.3 is 0 Å². The first-order chi connectivity index (χ1) is 11.6. The van der Waals surface area contributed by atoms with Crippen LogP contribution in [-0.2, 0) is 9.53 Å². The number of ether oxygens (including phenoxy) is 4. The van der Waals surface area contributed by atoms with E-state index in [1.807, 2.05) is 0 Å². The average Bonchev–Trinajstić information content (AvgIpc) is 2.61. The summed E-state index contributed by atoms with van der Waals surface area (Å²) in [7, 11) is 6.25. The molecule has 7 nitrogen and oxygen atoms in total. The zero-order valence-corrected chi connectivity index (χ0v) is 14.7.